The van der Waals surface area contributed by atoms with Crippen LogP contribution in [0.5, 0.6) is 0 Å². The summed E-state index contributed by atoms with van der Waals surface area (Å²) in [6.45, 7) is 10.7. The first-order valence-corrected chi connectivity index (χ1v) is 9.33. The van der Waals surface area contributed by atoms with Gasteiger partial charge in [-0.25, -0.2) is 4.39 Å². The molecule has 0 aromatic heterocycles. The van der Waals surface area contributed by atoms with Crippen molar-refractivity contribution in [2.45, 2.75) is 78.1 Å². The number of unbranched alkanes of at least 4 members (excludes halogenated alkanes) is 1. The smallest absolute Gasteiger partial charge is 0.319 e. The topological polar surface area (TPSA) is 26.3 Å². The van der Waals surface area contributed by atoms with Gasteiger partial charge in [0.2, 0.25) is 0 Å². The van der Waals surface area contributed by atoms with Crippen molar-refractivity contribution in [2.24, 2.45) is 11.8 Å². The van der Waals surface area contributed by atoms with Gasteiger partial charge in [0, 0.05) is 0 Å². The molecule has 0 aliphatic carbocycles. The van der Waals surface area contributed by atoms with Gasteiger partial charge in [0.25, 0.3) is 0 Å². The predicted octanol–water partition coefficient (Wildman–Crippen LogP) is 5.25. The van der Waals surface area contributed by atoms with Crippen LogP contribution in [0.2, 0.25) is 0 Å². The number of alkyl halides is 1. The van der Waals surface area contributed by atoms with E-state index in [1.54, 1.807) is 11.8 Å². The van der Waals surface area contributed by atoms with Gasteiger partial charge in [0.1, 0.15) is 5.25 Å². The third-order valence-corrected chi connectivity index (χ3v) is 4.49. The minimum absolute atomic E-state index is 0.0731. The molecule has 0 N–H and O–H groups in total. The van der Waals surface area contributed by atoms with Gasteiger partial charge in [-0.1, -0.05) is 34.6 Å². The van der Waals surface area contributed by atoms with Crippen LogP contribution in [0.25, 0.3) is 0 Å². The van der Waals surface area contributed by atoms with Gasteiger partial charge in [0.15, 0.2) is 0 Å². The Labute approximate surface area is 134 Å². The number of carbonyl (C=O) groups is 1. The lowest BCUT2D eigenvalue weighted by atomic mass is 10.1. The van der Waals surface area contributed by atoms with Gasteiger partial charge in [-0.15, -0.1) is 11.8 Å². The molecular formula is C17H33FO2S. The summed E-state index contributed by atoms with van der Waals surface area (Å²) < 4.78 is 18.5. The maximum atomic E-state index is 13.1. The number of rotatable bonds is 12. The molecule has 0 heterocycles. The van der Waals surface area contributed by atoms with Crippen LogP contribution in [-0.2, 0) is 9.53 Å². The first kappa shape index (κ1) is 20.8. The zero-order valence-corrected chi connectivity index (χ0v) is 15.2. The lowest BCUT2D eigenvalue weighted by Gasteiger charge is -2.18. The molecule has 0 rings (SSSR count). The molecule has 0 aliphatic heterocycles. The Bertz CT molecular complexity index is 270. The van der Waals surface area contributed by atoms with E-state index >= 15 is 0 Å². The fourth-order valence-corrected chi connectivity index (χ4v) is 3.28. The number of hydrogen-bond donors (Lipinski definition) is 0. The molecular weight excluding hydrogens is 287 g/mol. The van der Waals surface area contributed by atoms with Crippen molar-refractivity contribution >= 4 is 17.7 Å². The van der Waals surface area contributed by atoms with Crippen LogP contribution in [0.1, 0.15) is 66.7 Å². The van der Waals surface area contributed by atoms with Crippen molar-refractivity contribution in [3.05, 3.63) is 0 Å². The van der Waals surface area contributed by atoms with Gasteiger partial charge < -0.3 is 4.74 Å². The molecule has 4 heteroatoms. The highest BCUT2D eigenvalue weighted by molar-refractivity contribution is 8.00. The average molecular weight is 321 g/mol. The Balaban J connectivity index is 4.03. The second-order valence-corrected chi connectivity index (χ2v) is 7.82. The monoisotopic (exact) mass is 320 g/mol. The van der Waals surface area contributed by atoms with Crippen molar-refractivity contribution in [2.75, 3.05) is 12.4 Å². The highest BCUT2D eigenvalue weighted by Crippen LogP contribution is 2.23. The Morgan fingerprint density at radius 3 is 2.33 bits per heavy atom. The van der Waals surface area contributed by atoms with Crippen LogP contribution in [-0.4, -0.2) is 29.8 Å². The molecule has 0 saturated carbocycles. The van der Waals surface area contributed by atoms with Gasteiger partial charge >= 0.3 is 5.97 Å². The summed E-state index contributed by atoms with van der Waals surface area (Å²) in [5.41, 5.74) is 0. The Kier molecular flexibility index (Phi) is 12.2. The first-order valence-electron chi connectivity index (χ1n) is 8.29. The number of thioether (sulfide) groups is 1. The Hall–Kier alpha value is -0.250. The molecule has 0 saturated heterocycles. The van der Waals surface area contributed by atoms with E-state index in [4.69, 9.17) is 4.74 Å². The lowest BCUT2D eigenvalue weighted by Crippen LogP contribution is -2.24. The standard InChI is InChI=1S/C17H33FO2S/c1-6-15(18)9-7-8-10-21-16(11-13(2)3)17(19)20-12-14(4)5/h13-16H,6-12H2,1-5H3. The van der Waals surface area contributed by atoms with Crippen molar-refractivity contribution in [3.63, 3.8) is 0 Å². The number of ether oxygens (including phenoxy) is 1. The summed E-state index contributed by atoms with van der Waals surface area (Å²) in [7, 11) is 0. The van der Waals surface area contributed by atoms with Crippen LogP contribution in [0, 0.1) is 11.8 Å². The molecule has 21 heavy (non-hydrogen) atoms. The maximum Gasteiger partial charge on any atom is 0.319 e. The van der Waals surface area contributed by atoms with Crippen LogP contribution in [0.3, 0.4) is 0 Å². The fourth-order valence-electron chi connectivity index (χ4n) is 1.90. The van der Waals surface area contributed by atoms with Gasteiger partial charge in [0.05, 0.1) is 12.8 Å². The molecule has 2 nitrogen and oxygen atoms in total. The van der Waals surface area contributed by atoms with E-state index in [2.05, 4.69) is 13.8 Å². The van der Waals surface area contributed by atoms with Crippen molar-refractivity contribution in [1.29, 1.82) is 0 Å². The highest BCUT2D eigenvalue weighted by atomic mass is 32.2. The van der Waals surface area contributed by atoms with E-state index in [1.165, 1.54) is 0 Å². The Morgan fingerprint density at radius 1 is 1.14 bits per heavy atom. The lowest BCUT2D eigenvalue weighted by molar-refractivity contribution is -0.144. The van der Waals surface area contributed by atoms with Crippen molar-refractivity contribution in [1.82, 2.24) is 0 Å². The predicted molar refractivity (Wildman–Crippen MR) is 90.5 cm³/mol. The average Bonchev–Trinajstić information content (AvgIpc) is 2.42. The zero-order valence-electron chi connectivity index (χ0n) is 14.4. The second kappa shape index (κ2) is 12.3. The largest absolute Gasteiger partial charge is 0.465 e. The third kappa shape index (κ3) is 12.0. The molecule has 0 radical (unpaired) electrons. The molecule has 0 amide bonds. The minimum Gasteiger partial charge on any atom is -0.465 e. The van der Waals surface area contributed by atoms with Crippen molar-refractivity contribution < 1.29 is 13.9 Å². The minimum atomic E-state index is -0.669. The molecule has 0 aromatic rings. The zero-order chi connectivity index (χ0) is 16.3. The SMILES string of the molecule is CCC(F)CCCCSC(CC(C)C)C(=O)OCC(C)C. The first-order chi connectivity index (χ1) is 9.86. The summed E-state index contributed by atoms with van der Waals surface area (Å²) in [6.07, 6.45) is 3.29. The summed E-state index contributed by atoms with van der Waals surface area (Å²) in [5.74, 6) is 1.67. The van der Waals surface area contributed by atoms with E-state index in [0.717, 1.165) is 25.0 Å². The van der Waals surface area contributed by atoms with Crippen LogP contribution in [0.15, 0.2) is 0 Å². The van der Waals surface area contributed by atoms with Crippen molar-refractivity contribution in [3.8, 4) is 0 Å². The molecule has 126 valence electrons. The fraction of sp³-hybridized carbons (Fsp3) is 0.941. The number of halogens is 1. The van der Waals surface area contributed by atoms with Gasteiger partial charge in [-0.05, 0) is 49.7 Å². The van der Waals surface area contributed by atoms with Gasteiger partial charge in [-0.3, -0.25) is 4.79 Å². The summed E-state index contributed by atoms with van der Waals surface area (Å²) in [4.78, 5) is 12.1. The van der Waals surface area contributed by atoms with E-state index in [-0.39, 0.29) is 11.2 Å². The highest BCUT2D eigenvalue weighted by Gasteiger charge is 2.22. The maximum absolute atomic E-state index is 13.1. The van der Waals surface area contributed by atoms with E-state index in [1.807, 2.05) is 20.8 Å². The number of esters is 1. The Morgan fingerprint density at radius 2 is 1.81 bits per heavy atom. The molecule has 2 unspecified atom stereocenters. The molecule has 0 bridgehead atoms. The summed E-state index contributed by atoms with van der Waals surface area (Å²) >= 11 is 1.67. The van der Waals surface area contributed by atoms with E-state index in [9.17, 15) is 9.18 Å². The molecule has 0 aromatic carbocycles. The van der Waals surface area contributed by atoms with E-state index < -0.39 is 6.17 Å². The van der Waals surface area contributed by atoms with Crippen LogP contribution >= 0.6 is 11.8 Å². The summed E-state index contributed by atoms with van der Waals surface area (Å²) in [6, 6.07) is 0. The summed E-state index contributed by atoms with van der Waals surface area (Å²) in [5, 5.41) is -0.0731. The second-order valence-electron chi connectivity index (χ2n) is 6.51. The van der Waals surface area contributed by atoms with Gasteiger partial charge in [-0.2, -0.15) is 0 Å². The quantitative estimate of drug-likeness (QED) is 0.363. The van der Waals surface area contributed by atoms with E-state index in [0.29, 0.717) is 31.3 Å². The normalized spacial score (nSPS) is 14.5. The molecule has 0 aliphatic rings. The number of carbonyl (C=O) groups excluding carboxylic acids is 1. The van der Waals surface area contributed by atoms with Crippen LogP contribution < -0.4 is 0 Å². The van der Waals surface area contributed by atoms with Crippen LogP contribution in [0.4, 0.5) is 4.39 Å². The molecule has 0 spiro atoms. The molecule has 0 fully saturated rings. The third-order valence-electron chi connectivity index (χ3n) is 3.18. The molecule has 2 atom stereocenters. The number of hydrogen-bond acceptors (Lipinski definition) is 3.